The van der Waals surface area contributed by atoms with Crippen molar-refractivity contribution < 1.29 is 13.2 Å². The van der Waals surface area contributed by atoms with Gasteiger partial charge in [-0.1, -0.05) is 41.9 Å². The molecular weight excluding hydrogens is 474 g/mol. The number of carbonyl (C=O) groups is 1. The number of amides is 1. The predicted octanol–water partition coefficient (Wildman–Crippen LogP) is 3.89. The fourth-order valence-corrected chi connectivity index (χ4v) is 7.31. The van der Waals surface area contributed by atoms with Crippen molar-refractivity contribution in [3.63, 3.8) is 0 Å². The molecule has 6 nitrogen and oxygen atoms in total. The van der Waals surface area contributed by atoms with Gasteiger partial charge in [-0.05, 0) is 24.3 Å². The monoisotopic (exact) mass is 493 g/mol. The van der Waals surface area contributed by atoms with Crippen molar-refractivity contribution in [2.45, 2.75) is 17.4 Å². The first-order valence-electron chi connectivity index (χ1n) is 9.58. The molecule has 1 aliphatic heterocycles. The van der Waals surface area contributed by atoms with Crippen LogP contribution >= 0.6 is 34.7 Å². The number of nitrogens with zero attached hydrogens (tertiary/aromatic N) is 2. The van der Waals surface area contributed by atoms with Crippen molar-refractivity contribution in [1.82, 2.24) is 14.6 Å². The third-order valence-electron chi connectivity index (χ3n) is 4.82. The molecule has 3 aromatic rings. The molecule has 1 aromatic heterocycles. The number of halogens is 1. The molecule has 162 valence electrons. The van der Waals surface area contributed by atoms with Crippen LogP contribution in [0, 0.1) is 0 Å². The Morgan fingerprint density at radius 1 is 1.16 bits per heavy atom. The molecule has 31 heavy (non-hydrogen) atoms. The Bertz CT molecular complexity index is 1150. The van der Waals surface area contributed by atoms with Crippen LogP contribution in [0.3, 0.4) is 0 Å². The average molecular weight is 494 g/mol. The van der Waals surface area contributed by atoms with Gasteiger partial charge in [0.1, 0.15) is 11.0 Å². The van der Waals surface area contributed by atoms with Gasteiger partial charge in [0.05, 0.1) is 16.5 Å². The summed E-state index contributed by atoms with van der Waals surface area (Å²) in [7, 11) is -3.77. The topological polar surface area (TPSA) is 79.4 Å². The molecule has 1 amide bonds. The van der Waals surface area contributed by atoms with E-state index in [1.165, 1.54) is 40.3 Å². The Morgan fingerprint density at radius 2 is 1.90 bits per heavy atom. The maximum absolute atomic E-state index is 13.0. The maximum atomic E-state index is 13.0. The summed E-state index contributed by atoms with van der Waals surface area (Å²) in [5.41, 5.74) is 1.96. The van der Waals surface area contributed by atoms with Gasteiger partial charge >= 0.3 is 0 Å². The highest BCUT2D eigenvalue weighted by Gasteiger charge is 2.39. The zero-order valence-electron chi connectivity index (χ0n) is 16.4. The molecule has 1 aliphatic rings. The molecule has 2 heterocycles. The van der Waals surface area contributed by atoms with Crippen LogP contribution in [-0.2, 0) is 21.2 Å². The lowest BCUT2D eigenvalue weighted by atomic mass is 10.2. The number of aromatic nitrogens is 1. The second-order valence-corrected chi connectivity index (χ2v) is 11.1. The first-order chi connectivity index (χ1) is 14.9. The lowest BCUT2D eigenvalue weighted by Crippen LogP contribution is -2.47. The molecule has 0 aliphatic carbocycles. The molecule has 1 atom stereocenters. The SMILES string of the molecule is O=C(NCCc1csc(-c2ccccc2)n1)C1CSCN1S(=O)(=O)c1ccc(Cl)cc1. The van der Waals surface area contributed by atoms with Gasteiger partial charge in [0.2, 0.25) is 15.9 Å². The van der Waals surface area contributed by atoms with Crippen LogP contribution in [0.15, 0.2) is 64.9 Å². The minimum Gasteiger partial charge on any atom is -0.354 e. The van der Waals surface area contributed by atoms with Crippen LogP contribution in [-0.4, -0.2) is 47.8 Å². The van der Waals surface area contributed by atoms with Crippen LogP contribution in [0.25, 0.3) is 10.6 Å². The Morgan fingerprint density at radius 3 is 2.65 bits per heavy atom. The second-order valence-electron chi connectivity index (χ2n) is 6.91. The Hall–Kier alpha value is -1.91. The molecule has 0 spiro atoms. The molecule has 0 saturated carbocycles. The summed E-state index contributed by atoms with van der Waals surface area (Å²) in [4.78, 5) is 17.5. The third kappa shape index (κ3) is 5.12. The van der Waals surface area contributed by atoms with Crippen molar-refractivity contribution in [3.8, 4) is 10.6 Å². The quantitative estimate of drug-likeness (QED) is 0.540. The summed E-state index contributed by atoms with van der Waals surface area (Å²) in [6, 6.07) is 15.2. The average Bonchev–Trinajstić information content (AvgIpc) is 3.45. The van der Waals surface area contributed by atoms with Gasteiger partial charge < -0.3 is 5.32 Å². The van der Waals surface area contributed by atoms with Crippen LogP contribution in [0.4, 0.5) is 0 Å². The summed E-state index contributed by atoms with van der Waals surface area (Å²) >= 11 is 8.85. The minimum absolute atomic E-state index is 0.133. The fourth-order valence-electron chi connectivity index (χ4n) is 3.18. The largest absolute Gasteiger partial charge is 0.354 e. The van der Waals surface area contributed by atoms with Crippen LogP contribution in [0.1, 0.15) is 5.69 Å². The van der Waals surface area contributed by atoms with Gasteiger partial charge in [0, 0.05) is 34.7 Å². The van der Waals surface area contributed by atoms with E-state index >= 15 is 0 Å². The number of hydrogen-bond donors (Lipinski definition) is 1. The number of thioether (sulfide) groups is 1. The number of benzene rings is 2. The number of rotatable bonds is 7. The number of hydrogen-bond acceptors (Lipinski definition) is 6. The zero-order valence-corrected chi connectivity index (χ0v) is 19.6. The first-order valence-corrected chi connectivity index (χ1v) is 13.4. The summed E-state index contributed by atoms with van der Waals surface area (Å²) in [6.45, 7) is 0.396. The second kappa shape index (κ2) is 9.70. The van der Waals surface area contributed by atoms with Crippen molar-refractivity contribution in [3.05, 3.63) is 70.7 Å². The smallest absolute Gasteiger partial charge is 0.244 e. The van der Waals surface area contributed by atoms with E-state index < -0.39 is 16.1 Å². The van der Waals surface area contributed by atoms with E-state index in [-0.39, 0.29) is 16.7 Å². The molecule has 10 heteroatoms. The lowest BCUT2D eigenvalue weighted by molar-refractivity contribution is -0.123. The molecule has 0 radical (unpaired) electrons. The number of nitrogens with one attached hydrogen (secondary N) is 1. The van der Waals surface area contributed by atoms with E-state index in [9.17, 15) is 13.2 Å². The van der Waals surface area contributed by atoms with Crippen LogP contribution in [0.2, 0.25) is 5.02 Å². The van der Waals surface area contributed by atoms with Gasteiger partial charge in [0.15, 0.2) is 0 Å². The molecule has 1 saturated heterocycles. The molecule has 2 aromatic carbocycles. The lowest BCUT2D eigenvalue weighted by Gasteiger charge is -2.22. The number of sulfonamides is 1. The summed E-state index contributed by atoms with van der Waals surface area (Å²) in [5.74, 6) is 0.379. The van der Waals surface area contributed by atoms with E-state index in [2.05, 4.69) is 10.3 Å². The van der Waals surface area contributed by atoms with Gasteiger partial charge in [-0.2, -0.15) is 4.31 Å². The van der Waals surface area contributed by atoms with E-state index in [4.69, 9.17) is 11.6 Å². The molecule has 4 rings (SSSR count). The maximum Gasteiger partial charge on any atom is 0.244 e. The normalized spacial score (nSPS) is 17.0. The third-order valence-corrected chi connectivity index (χ3v) is 9.05. The van der Waals surface area contributed by atoms with Gasteiger partial charge in [0.25, 0.3) is 0 Å². The highest BCUT2D eigenvalue weighted by Crippen LogP contribution is 2.29. The molecule has 1 unspecified atom stereocenters. The van der Waals surface area contributed by atoms with Gasteiger partial charge in [-0.3, -0.25) is 4.79 Å². The zero-order chi connectivity index (χ0) is 21.8. The van der Waals surface area contributed by atoms with Gasteiger partial charge in [-0.25, -0.2) is 13.4 Å². The summed E-state index contributed by atoms with van der Waals surface area (Å²) in [6.07, 6.45) is 0.582. The van der Waals surface area contributed by atoms with Gasteiger partial charge in [-0.15, -0.1) is 23.1 Å². The summed E-state index contributed by atoms with van der Waals surface area (Å²) in [5, 5.41) is 6.25. The minimum atomic E-state index is -3.77. The highest BCUT2D eigenvalue weighted by atomic mass is 35.5. The predicted molar refractivity (Wildman–Crippen MR) is 126 cm³/mol. The van der Waals surface area contributed by atoms with E-state index in [0.29, 0.717) is 23.7 Å². The Balaban J connectivity index is 1.36. The molecular formula is C21H20ClN3O3S3. The van der Waals surface area contributed by atoms with E-state index in [1.807, 2.05) is 35.7 Å². The molecule has 1 N–H and O–H groups in total. The highest BCUT2D eigenvalue weighted by molar-refractivity contribution is 8.00. The van der Waals surface area contributed by atoms with Crippen molar-refractivity contribution in [2.24, 2.45) is 0 Å². The van der Waals surface area contributed by atoms with Crippen LogP contribution in [0.5, 0.6) is 0 Å². The molecule has 0 bridgehead atoms. The van der Waals surface area contributed by atoms with Crippen molar-refractivity contribution in [2.75, 3.05) is 18.2 Å². The Kier molecular flexibility index (Phi) is 6.98. The van der Waals surface area contributed by atoms with E-state index in [0.717, 1.165) is 16.3 Å². The van der Waals surface area contributed by atoms with Crippen LogP contribution < -0.4 is 5.32 Å². The van der Waals surface area contributed by atoms with Crippen molar-refractivity contribution >= 4 is 50.6 Å². The Labute approximate surface area is 194 Å². The number of thiazole rings is 1. The van der Waals surface area contributed by atoms with Crippen molar-refractivity contribution in [1.29, 1.82) is 0 Å². The summed E-state index contributed by atoms with van der Waals surface area (Å²) < 4.78 is 27.2. The number of carbonyl (C=O) groups excluding carboxylic acids is 1. The standard InChI is InChI=1S/C21H20ClN3O3S3/c22-16-6-8-18(9-7-16)31(27,28)25-14-29-13-19(25)20(26)23-11-10-17-12-30-21(24-17)15-4-2-1-3-5-15/h1-9,12,19H,10-11,13-14H2,(H,23,26). The first kappa shape index (κ1) is 22.3. The fraction of sp³-hybridized carbons (Fsp3) is 0.238. The molecule has 1 fully saturated rings. The van der Waals surface area contributed by atoms with E-state index in [1.54, 1.807) is 11.3 Å².